The molecule has 0 unspecified atom stereocenters. The van der Waals surface area contributed by atoms with E-state index < -0.39 is 5.82 Å². The summed E-state index contributed by atoms with van der Waals surface area (Å²) in [5, 5.41) is 0.825. The van der Waals surface area contributed by atoms with Crippen LogP contribution in [0.2, 0.25) is 0 Å². The van der Waals surface area contributed by atoms with Crippen LogP contribution >= 0.6 is 0 Å². The minimum atomic E-state index is -0.417. The van der Waals surface area contributed by atoms with Gasteiger partial charge in [-0.2, -0.15) is 0 Å². The van der Waals surface area contributed by atoms with Crippen molar-refractivity contribution in [3.05, 3.63) is 40.4 Å². The van der Waals surface area contributed by atoms with Crippen LogP contribution in [0.5, 0.6) is 5.75 Å². The van der Waals surface area contributed by atoms with Crippen molar-refractivity contribution in [3.8, 4) is 5.75 Å². The van der Waals surface area contributed by atoms with Crippen LogP contribution in [0.15, 0.2) is 29.1 Å². The Balaban J connectivity index is 1.73. The summed E-state index contributed by atoms with van der Waals surface area (Å²) in [5.41, 5.74) is 6.41. The van der Waals surface area contributed by atoms with E-state index in [-0.39, 0.29) is 23.4 Å². The Labute approximate surface area is 133 Å². The fourth-order valence-electron chi connectivity index (χ4n) is 3.62. The predicted octanol–water partition coefficient (Wildman–Crippen LogP) is 1.50. The monoisotopic (exact) mass is 317 g/mol. The Morgan fingerprint density at radius 3 is 2.74 bits per heavy atom. The Kier molecular flexibility index (Phi) is 3.58. The summed E-state index contributed by atoms with van der Waals surface area (Å²) in [7, 11) is 0. The summed E-state index contributed by atoms with van der Waals surface area (Å²) in [6.07, 6.45) is 1.94. The molecular formula is C17H20FN3O2. The Bertz CT molecular complexity index is 796. The third kappa shape index (κ3) is 2.52. The number of piperidine rings is 1. The minimum absolute atomic E-state index is 0.102. The number of pyridine rings is 1. The van der Waals surface area contributed by atoms with Gasteiger partial charge in [0.05, 0.1) is 11.6 Å². The van der Waals surface area contributed by atoms with Crippen molar-refractivity contribution < 1.29 is 9.13 Å². The highest BCUT2D eigenvalue weighted by atomic mass is 19.1. The third-order valence-corrected chi connectivity index (χ3v) is 4.88. The number of aromatic nitrogens is 1. The van der Waals surface area contributed by atoms with Crippen molar-refractivity contribution >= 4 is 10.9 Å². The van der Waals surface area contributed by atoms with E-state index in [4.69, 9.17) is 10.5 Å². The molecule has 5 nitrogen and oxygen atoms in total. The molecule has 6 heteroatoms. The number of nitrogens with zero attached hydrogens (tertiary/aromatic N) is 2. The van der Waals surface area contributed by atoms with Crippen LogP contribution in [0, 0.1) is 5.82 Å². The highest BCUT2D eigenvalue weighted by Crippen LogP contribution is 2.33. The second kappa shape index (κ2) is 5.62. The average Bonchev–Trinajstić information content (AvgIpc) is 2.56. The van der Waals surface area contributed by atoms with Gasteiger partial charge in [0.1, 0.15) is 6.61 Å². The van der Waals surface area contributed by atoms with Gasteiger partial charge < -0.3 is 15.4 Å². The quantitative estimate of drug-likeness (QED) is 0.912. The zero-order valence-corrected chi connectivity index (χ0v) is 12.9. The lowest BCUT2D eigenvalue weighted by molar-refractivity contribution is 0.143. The number of halogens is 1. The van der Waals surface area contributed by atoms with E-state index in [9.17, 15) is 9.18 Å². The first-order chi connectivity index (χ1) is 11.1. The van der Waals surface area contributed by atoms with Crippen LogP contribution in [0.25, 0.3) is 10.9 Å². The standard InChI is InChI=1S/C17H20FN3O2/c18-14-3-1-11-2-4-15(22)21-13(10-23-17(14)16(11)21)9-20-7-5-12(19)6-8-20/h1-4,12-13H,5-10,19H2/t13-/m1/s1. The number of hydrogen-bond acceptors (Lipinski definition) is 4. The van der Waals surface area contributed by atoms with Crippen molar-refractivity contribution in [3.63, 3.8) is 0 Å². The molecule has 1 aromatic carbocycles. The molecule has 0 saturated carbocycles. The molecule has 2 aromatic rings. The van der Waals surface area contributed by atoms with Gasteiger partial charge in [-0.25, -0.2) is 4.39 Å². The molecule has 1 saturated heterocycles. The van der Waals surface area contributed by atoms with Crippen LogP contribution in [0.3, 0.4) is 0 Å². The molecule has 0 radical (unpaired) electrons. The molecule has 2 aliphatic rings. The summed E-state index contributed by atoms with van der Waals surface area (Å²) < 4.78 is 21.4. The molecule has 0 bridgehead atoms. The number of ether oxygens (including phenoxy) is 1. The largest absolute Gasteiger partial charge is 0.486 e. The maximum atomic E-state index is 14.0. The third-order valence-electron chi connectivity index (χ3n) is 4.88. The van der Waals surface area contributed by atoms with Gasteiger partial charge >= 0.3 is 0 Å². The van der Waals surface area contributed by atoms with Gasteiger partial charge in [0.2, 0.25) is 0 Å². The second-order valence-corrected chi connectivity index (χ2v) is 6.46. The normalized spacial score (nSPS) is 22.3. The molecule has 4 rings (SSSR count). The van der Waals surface area contributed by atoms with E-state index in [1.807, 2.05) is 0 Å². The highest BCUT2D eigenvalue weighted by Gasteiger charge is 2.28. The van der Waals surface area contributed by atoms with Crippen LogP contribution in [-0.2, 0) is 0 Å². The van der Waals surface area contributed by atoms with Crippen LogP contribution in [0.1, 0.15) is 18.9 Å². The molecule has 3 heterocycles. The molecule has 122 valence electrons. The van der Waals surface area contributed by atoms with Gasteiger partial charge in [-0.3, -0.25) is 9.36 Å². The maximum Gasteiger partial charge on any atom is 0.251 e. The zero-order valence-electron chi connectivity index (χ0n) is 12.9. The molecule has 2 aliphatic heterocycles. The molecule has 0 spiro atoms. The van der Waals surface area contributed by atoms with Crippen molar-refractivity contribution in [2.24, 2.45) is 5.73 Å². The molecule has 0 aliphatic carbocycles. The summed E-state index contributed by atoms with van der Waals surface area (Å²) >= 11 is 0. The van der Waals surface area contributed by atoms with E-state index in [2.05, 4.69) is 4.90 Å². The number of likely N-dealkylation sites (tertiary alicyclic amines) is 1. The van der Waals surface area contributed by atoms with Gasteiger partial charge in [-0.15, -0.1) is 0 Å². The molecule has 1 aromatic heterocycles. The lowest BCUT2D eigenvalue weighted by atomic mass is 10.0. The fourth-order valence-corrected chi connectivity index (χ4v) is 3.62. The zero-order chi connectivity index (χ0) is 16.0. The molecule has 2 N–H and O–H groups in total. The highest BCUT2D eigenvalue weighted by molar-refractivity contribution is 5.85. The second-order valence-electron chi connectivity index (χ2n) is 6.46. The first-order valence-corrected chi connectivity index (χ1v) is 8.08. The topological polar surface area (TPSA) is 60.5 Å². The number of hydrogen-bond donors (Lipinski definition) is 1. The fraction of sp³-hybridized carbons (Fsp3) is 0.471. The van der Waals surface area contributed by atoms with E-state index >= 15 is 0 Å². The number of nitrogens with two attached hydrogens (primary N) is 1. The Morgan fingerprint density at radius 2 is 1.96 bits per heavy atom. The maximum absolute atomic E-state index is 14.0. The number of rotatable bonds is 2. The summed E-state index contributed by atoms with van der Waals surface area (Å²) in [6, 6.07) is 6.52. The van der Waals surface area contributed by atoms with Gasteiger partial charge in [0.25, 0.3) is 5.56 Å². The van der Waals surface area contributed by atoms with Crippen LogP contribution in [-0.4, -0.2) is 41.8 Å². The van der Waals surface area contributed by atoms with Crippen molar-refractivity contribution in [1.82, 2.24) is 9.47 Å². The van der Waals surface area contributed by atoms with Gasteiger partial charge in [-0.1, -0.05) is 0 Å². The minimum Gasteiger partial charge on any atom is -0.486 e. The van der Waals surface area contributed by atoms with Crippen molar-refractivity contribution in [2.45, 2.75) is 24.9 Å². The number of benzene rings is 1. The Morgan fingerprint density at radius 1 is 1.22 bits per heavy atom. The van der Waals surface area contributed by atoms with Crippen molar-refractivity contribution in [1.29, 1.82) is 0 Å². The smallest absolute Gasteiger partial charge is 0.251 e. The van der Waals surface area contributed by atoms with Crippen LogP contribution < -0.4 is 16.0 Å². The first-order valence-electron chi connectivity index (χ1n) is 8.08. The molecular weight excluding hydrogens is 297 g/mol. The van der Waals surface area contributed by atoms with Gasteiger partial charge in [0.15, 0.2) is 11.6 Å². The average molecular weight is 317 g/mol. The first kappa shape index (κ1) is 14.7. The van der Waals surface area contributed by atoms with Crippen molar-refractivity contribution in [2.75, 3.05) is 26.2 Å². The van der Waals surface area contributed by atoms with E-state index in [1.165, 1.54) is 6.07 Å². The summed E-state index contributed by atoms with van der Waals surface area (Å²) in [5.74, 6) is -0.226. The van der Waals surface area contributed by atoms with Crippen LogP contribution in [0.4, 0.5) is 4.39 Å². The lowest BCUT2D eigenvalue weighted by Gasteiger charge is -2.35. The predicted molar refractivity (Wildman–Crippen MR) is 86.3 cm³/mol. The molecule has 1 fully saturated rings. The lowest BCUT2D eigenvalue weighted by Crippen LogP contribution is -2.45. The SMILES string of the molecule is NC1CCN(C[C@@H]2COc3c(F)ccc4ccc(=O)n2c34)CC1. The molecule has 0 amide bonds. The Hall–Kier alpha value is -1.92. The summed E-state index contributed by atoms with van der Waals surface area (Å²) in [4.78, 5) is 14.7. The van der Waals surface area contributed by atoms with E-state index in [0.717, 1.165) is 37.9 Å². The van der Waals surface area contributed by atoms with Gasteiger partial charge in [0, 0.05) is 24.0 Å². The molecule has 23 heavy (non-hydrogen) atoms. The van der Waals surface area contributed by atoms with E-state index in [0.29, 0.717) is 12.1 Å². The molecule has 1 atom stereocenters. The van der Waals surface area contributed by atoms with E-state index in [1.54, 1.807) is 22.8 Å². The summed E-state index contributed by atoms with van der Waals surface area (Å²) in [6.45, 7) is 2.90. The van der Waals surface area contributed by atoms with Gasteiger partial charge in [-0.05, 0) is 44.1 Å².